The highest BCUT2D eigenvalue weighted by atomic mass is 35.5. The van der Waals surface area contributed by atoms with Crippen molar-refractivity contribution < 1.29 is 14.7 Å². The lowest BCUT2D eigenvalue weighted by Gasteiger charge is -2.32. The Kier molecular flexibility index (Phi) is 8.30. The van der Waals surface area contributed by atoms with Gasteiger partial charge in [-0.3, -0.25) is 14.5 Å². The minimum absolute atomic E-state index is 0. The van der Waals surface area contributed by atoms with Gasteiger partial charge in [0.05, 0.1) is 12.6 Å². The largest absolute Gasteiger partial charge is 0.480 e. The van der Waals surface area contributed by atoms with Gasteiger partial charge in [-0.2, -0.15) is 0 Å². The number of benzene rings is 1. The number of piperidine rings is 1. The first-order valence-electron chi connectivity index (χ1n) is 7.59. The van der Waals surface area contributed by atoms with E-state index in [9.17, 15) is 14.7 Å². The van der Waals surface area contributed by atoms with Crippen LogP contribution >= 0.6 is 35.6 Å². The van der Waals surface area contributed by atoms with Crippen LogP contribution in [0.3, 0.4) is 0 Å². The fraction of sp³-hybridized carbons (Fsp3) is 0.500. The van der Waals surface area contributed by atoms with E-state index in [2.05, 4.69) is 5.32 Å². The molecule has 1 aromatic carbocycles. The lowest BCUT2D eigenvalue weighted by atomic mass is 10.0. The van der Waals surface area contributed by atoms with Gasteiger partial charge in [0.25, 0.3) is 0 Å². The van der Waals surface area contributed by atoms with Crippen molar-refractivity contribution >= 4 is 47.5 Å². The Labute approximate surface area is 157 Å². The zero-order valence-corrected chi connectivity index (χ0v) is 15.6. The predicted molar refractivity (Wildman–Crippen MR) is 97.1 cm³/mol. The molecule has 1 aliphatic rings. The molecule has 2 unspecified atom stereocenters. The quantitative estimate of drug-likeness (QED) is 0.800. The van der Waals surface area contributed by atoms with Gasteiger partial charge in [-0.1, -0.05) is 35.7 Å². The van der Waals surface area contributed by atoms with Crippen LogP contribution in [-0.2, 0) is 9.59 Å². The third-order valence-corrected chi connectivity index (χ3v) is 4.61. The molecule has 1 heterocycles. The average molecular weight is 396 g/mol. The molecule has 0 spiro atoms. The average Bonchev–Trinajstić information content (AvgIpc) is 2.47. The second-order valence-corrected chi connectivity index (χ2v) is 6.62. The smallest absolute Gasteiger partial charge is 0.320 e. The number of halogens is 3. The second-order valence-electron chi connectivity index (χ2n) is 5.78. The van der Waals surface area contributed by atoms with Gasteiger partial charge in [-0.05, 0) is 44.0 Å². The first kappa shape index (κ1) is 21.0. The van der Waals surface area contributed by atoms with Crippen LogP contribution in [0.4, 0.5) is 0 Å². The number of carboxylic acid groups (broad SMARTS) is 1. The number of aliphatic carboxylic acids is 1. The number of amides is 1. The molecule has 2 rings (SSSR count). The first-order chi connectivity index (χ1) is 10.9. The van der Waals surface area contributed by atoms with Crippen LogP contribution in [0.1, 0.15) is 37.8 Å². The van der Waals surface area contributed by atoms with E-state index in [0.717, 1.165) is 18.4 Å². The standard InChI is InChI=1S/C16H20Cl2N2O3.ClH/c1-10(12-6-5-11(17)8-13(12)18)19-15(21)9-20-7-3-2-4-14(20)16(22)23;/h5-6,8,10,14H,2-4,7,9H2,1H3,(H,19,21)(H,22,23);1H. The van der Waals surface area contributed by atoms with Crippen LogP contribution in [0.25, 0.3) is 0 Å². The molecular weight excluding hydrogens is 375 g/mol. The van der Waals surface area contributed by atoms with Crippen LogP contribution < -0.4 is 5.32 Å². The minimum atomic E-state index is -0.869. The Balaban J connectivity index is 0.00000288. The normalized spacial score (nSPS) is 19.2. The molecule has 1 fully saturated rings. The Hall–Kier alpha value is -1.01. The molecule has 1 saturated heterocycles. The van der Waals surface area contributed by atoms with Crippen LogP contribution in [0.5, 0.6) is 0 Å². The van der Waals surface area contributed by atoms with E-state index in [0.29, 0.717) is 23.0 Å². The molecule has 0 bridgehead atoms. The van der Waals surface area contributed by atoms with E-state index in [1.807, 2.05) is 6.92 Å². The third-order valence-electron chi connectivity index (χ3n) is 4.05. The highest BCUT2D eigenvalue weighted by Crippen LogP contribution is 2.26. The van der Waals surface area contributed by atoms with Gasteiger partial charge in [-0.25, -0.2) is 0 Å². The van der Waals surface area contributed by atoms with Crippen molar-refractivity contribution in [2.24, 2.45) is 0 Å². The Bertz CT molecular complexity index is 598. The fourth-order valence-electron chi connectivity index (χ4n) is 2.86. The maximum atomic E-state index is 12.2. The summed E-state index contributed by atoms with van der Waals surface area (Å²) in [5.74, 6) is -1.08. The van der Waals surface area contributed by atoms with Crippen molar-refractivity contribution in [2.75, 3.05) is 13.1 Å². The van der Waals surface area contributed by atoms with Gasteiger partial charge in [0.1, 0.15) is 6.04 Å². The maximum absolute atomic E-state index is 12.2. The molecule has 2 N–H and O–H groups in total. The summed E-state index contributed by atoms with van der Waals surface area (Å²) in [4.78, 5) is 25.2. The number of carbonyl (C=O) groups excluding carboxylic acids is 1. The second kappa shape index (κ2) is 9.47. The molecule has 0 aromatic heterocycles. The summed E-state index contributed by atoms with van der Waals surface area (Å²) in [6, 6.07) is 4.27. The van der Waals surface area contributed by atoms with Gasteiger partial charge in [0, 0.05) is 10.0 Å². The highest BCUT2D eigenvalue weighted by Gasteiger charge is 2.29. The van der Waals surface area contributed by atoms with E-state index in [1.54, 1.807) is 23.1 Å². The van der Waals surface area contributed by atoms with E-state index in [4.69, 9.17) is 23.2 Å². The molecule has 1 aromatic rings. The molecule has 0 aliphatic carbocycles. The Morgan fingerprint density at radius 3 is 2.71 bits per heavy atom. The molecule has 2 atom stereocenters. The lowest BCUT2D eigenvalue weighted by molar-refractivity contribution is -0.145. The van der Waals surface area contributed by atoms with Crippen molar-refractivity contribution in [3.63, 3.8) is 0 Å². The summed E-state index contributed by atoms with van der Waals surface area (Å²) in [6.45, 7) is 2.53. The SMILES string of the molecule is CC(NC(=O)CN1CCCCC1C(=O)O)c1ccc(Cl)cc1Cl.Cl. The van der Waals surface area contributed by atoms with Crippen LogP contribution in [-0.4, -0.2) is 41.0 Å². The van der Waals surface area contributed by atoms with Crippen LogP contribution in [0.2, 0.25) is 10.0 Å². The van der Waals surface area contributed by atoms with E-state index >= 15 is 0 Å². The van der Waals surface area contributed by atoms with Gasteiger partial charge in [0.15, 0.2) is 0 Å². The third kappa shape index (κ3) is 5.52. The van der Waals surface area contributed by atoms with E-state index < -0.39 is 12.0 Å². The number of likely N-dealkylation sites (tertiary alicyclic amines) is 1. The summed E-state index contributed by atoms with van der Waals surface area (Å²) in [5, 5.41) is 13.1. The van der Waals surface area contributed by atoms with Gasteiger partial charge < -0.3 is 10.4 Å². The van der Waals surface area contributed by atoms with Gasteiger partial charge in [0.2, 0.25) is 5.91 Å². The number of nitrogens with zero attached hydrogens (tertiary/aromatic N) is 1. The molecule has 24 heavy (non-hydrogen) atoms. The van der Waals surface area contributed by atoms with Crippen molar-refractivity contribution in [1.82, 2.24) is 10.2 Å². The zero-order chi connectivity index (χ0) is 17.0. The summed E-state index contributed by atoms with van der Waals surface area (Å²) in [6.07, 6.45) is 2.38. The zero-order valence-electron chi connectivity index (χ0n) is 13.3. The van der Waals surface area contributed by atoms with Crippen molar-refractivity contribution in [3.05, 3.63) is 33.8 Å². The van der Waals surface area contributed by atoms with Crippen LogP contribution in [0.15, 0.2) is 18.2 Å². The molecule has 134 valence electrons. The molecule has 0 radical (unpaired) electrons. The van der Waals surface area contributed by atoms with Crippen LogP contribution in [0, 0.1) is 0 Å². The molecule has 1 amide bonds. The summed E-state index contributed by atoms with van der Waals surface area (Å²) in [5.41, 5.74) is 0.776. The summed E-state index contributed by atoms with van der Waals surface area (Å²) in [7, 11) is 0. The molecular formula is C16H21Cl3N2O3. The van der Waals surface area contributed by atoms with E-state index in [-0.39, 0.29) is 30.9 Å². The number of rotatable bonds is 5. The number of carboxylic acids is 1. The number of hydrogen-bond donors (Lipinski definition) is 2. The van der Waals surface area contributed by atoms with Crippen molar-refractivity contribution in [1.29, 1.82) is 0 Å². The molecule has 8 heteroatoms. The predicted octanol–water partition coefficient (Wildman–Crippen LogP) is 3.53. The lowest BCUT2D eigenvalue weighted by Crippen LogP contribution is -2.49. The topological polar surface area (TPSA) is 69.6 Å². The van der Waals surface area contributed by atoms with Gasteiger partial charge in [-0.15, -0.1) is 12.4 Å². The maximum Gasteiger partial charge on any atom is 0.320 e. The summed E-state index contributed by atoms with van der Waals surface area (Å²) >= 11 is 12.0. The minimum Gasteiger partial charge on any atom is -0.480 e. The highest BCUT2D eigenvalue weighted by molar-refractivity contribution is 6.35. The molecule has 5 nitrogen and oxygen atoms in total. The number of carbonyl (C=O) groups is 2. The van der Waals surface area contributed by atoms with Gasteiger partial charge >= 0.3 is 5.97 Å². The van der Waals surface area contributed by atoms with Crippen molar-refractivity contribution in [2.45, 2.75) is 38.3 Å². The molecule has 1 aliphatic heterocycles. The summed E-state index contributed by atoms with van der Waals surface area (Å²) < 4.78 is 0. The van der Waals surface area contributed by atoms with E-state index in [1.165, 1.54) is 0 Å². The fourth-order valence-corrected chi connectivity index (χ4v) is 3.43. The number of hydrogen-bond acceptors (Lipinski definition) is 3. The van der Waals surface area contributed by atoms with Crippen molar-refractivity contribution in [3.8, 4) is 0 Å². The molecule has 0 saturated carbocycles. The number of nitrogens with one attached hydrogen (secondary N) is 1. The Morgan fingerprint density at radius 1 is 1.38 bits per heavy atom. The monoisotopic (exact) mass is 394 g/mol. The first-order valence-corrected chi connectivity index (χ1v) is 8.35. The Morgan fingerprint density at radius 2 is 2.08 bits per heavy atom.